The average Bonchev–Trinajstić information content (AvgIpc) is 2.93. The lowest BCUT2D eigenvalue weighted by Crippen LogP contribution is -2.58. The summed E-state index contributed by atoms with van der Waals surface area (Å²) < 4.78 is 40.3. The van der Waals surface area contributed by atoms with Crippen LogP contribution in [0.25, 0.3) is 0 Å². The lowest BCUT2D eigenvalue weighted by Gasteiger charge is -2.33. The molecule has 0 saturated heterocycles. The average molecular weight is 403 g/mol. The summed E-state index contributed by atoms with van der Waals surface area (Å²) >= 11 is 0. The highest BCUT2D eigenvalue weighted by Crippen LogP contribution is 2.33. The molecule has 0 radical (unpaired) electrons. The van der Waals surface area contributed by atoms with E-state index in [0.717, 1.165) is 4.90 Å². The van der Waals surface area contributed by atoms with Gasteiger partial charge in [-0.3, -0.25) is 14.5 Å². The summed E-state index contributed by atoms with van der Waals surface area (Å²) in [6.45, 7) is -0.516. The number of aliphatic imine (C=N–C) groups is 1. The minimum atomic E-state index is -5.17. The van der Waals surface area contributed by atoms with Crippen molar-refractivity contribution >= 4 is 17.5 Å². The van der Waals surface area contributed by atoms with E-state index >= 15 is 0 Å². The van der Waals surface area contributed by atoms with E-state index in [1.54, 1.807) is 12.1 Å². The lowest BCUT2D eigenvalue weighted by molar-refractivity contribution is -0.266. The number of amides is 2. The fourth-order valence-electron chi connectivity index (χ4n) is 3.01. The number of hydrogen-bond donors (Lipinski definition) is 2. The number of fused-ring (bicyclic) bond motifs is 1. The van der Waals surface area contributed by atoms with E-state index in [0.29, 0.717) is 0 Å². The number of carbonyl (C=O) groups is 2. The van der Waals surface area contributed by atoms with Crippen LogP contribution in [-0.2, 0) is 0 Å². The number of aliphatic hydroxyl groups is 1. The van der Waals surface area contributed by atoms with Gasteiger partial charge < -0.3 is 10.4 Å². The van der Waals surface area contributed by atoms with Gasteiger partial charge in [-0.15, -0.1) is 0 Å². The fraction of sp³-hybridized carbons (Fsp3) is 0.167. The van der Waals surface area contributed by atoms with Gasteiger partial charge in [0.1, 0.15) is 6.33 Å². The van der Waals surface area contributed by atoms with Gasteiger partial charge in [-0.25, -0.2) is 15.0 Å². The van der Waals surface area contributed by atoms with Gasteiger partial charge in [-0.2, -0.15) is 13.2 Å². The zero-order valence-corrected chi connectivity index (χ0v) is 14.5. The fourth-order valence-corrected chi connectivity index (χ4v) is 3.01. The summed E-state index contributed by atoms with van der Waals surface area (Å²) in [4.78, 5) is 36.6. The molecule has 0 saturated carbocycles. The van der Waals surface area contributed by atoms with Crippen molar-refractivity contribution in [3.05, 3.63) is 71.4 Å². The third-order valence-corrected chi connectivity index (χ3v) is 4.39. The van der Waals surface area contributed by atoms with Gasteiger partial charge in [0, 0.05) is 23.7 Å². The van der Waals surface area contributed by atoms with E-state index in [-0.39, 0.29) is 28.1 Å². The van der Waals surface area contributed by atoms with Gasteiger partial charge in [0.25, 0.3) is 11.8 Å². The summed E-state index contributed by atoms with van der Waals surface area (Å²) in [5.74, 6) is -4.92. The first-order valence-corrected chi connectivity index (χ1v) is 8.28. The topological polar surface area (TPSA) is 108 Å². The van der Waals surface area contributed by atoms with Crippen LogP contribution in [0.5, 0.6) is 0 Å². The van der Waals surface area contributed by atoms with Crippen LogP contribution in [0.4, 0.5) is 13.2 Å². The Morgan fingerprint density at radius 1 is 1.07 bits per heavy atom. The monoisotopic (exact) mass is 403 g/mol. The highest BCUT2D eigenvalue weighted by atomic mass is 19.4. The second-order valence-corrected chi connectivity index (χ2v) is 6.33. The number of hydrogen-bond acceptors (Lipinski definition) is 7. The predicted molar refractivity (Wildman–Crippen MR) is 92.6 cm³/mol. The summed E-state index contributed by atoms with van der Waals surface area (Å²) in [6.07, 6.45) is -0.337. The van der Waals surface area contributed by atoms with Crippen LogP contribution in [0.2, 0.25) is 0 Å². The van der Waals surface area contributed by atoms with Gasteiger partial charge in [0.05, 0.1) is 23.4 Å². The highest BCUT2D eigenvalue weighted by Gasteiger charge is 2.56. The van der Waals surface area contributed by atoms with E-state index < -0.39 is 30.4 Å². The first kappa shape index (κ1) is 18.7. The van der Waals surface area contributed by atoms with Crippen LogP contribution < -0.4 is 5.32 Å². The Bertz CT molecular complexity index is 1030. The maximum absolute atomic E-state index is 13.4. The smallest absolute Gasteiger partial charge is 0.346 e. The van der Waals surface area contributed by atoms with Crippen molar-refractivity contribution in [2.24, 2.45) is 4.99 Å². The standard InChI is InChI=1S/C18H12F3N5O3/c19-17(20,21)18(29)24-11(5-14(25-18)10-6-22-9-23-7-10)8-26-15(27)12-3-1-2-4-13(12)16(26)28/h1-7,9,24,29H,8H2. The normalized spacial score (nSPS) is 21.4. The third kappa shape index (κ3) is 3.14. The van der Waals surface area contributed by atoms with Crippen LogP contribution in [0.1, 0.15) is 26.3 Å². The van der Waals surface area contributed by atoms with E-state index in [2.05, 4.69) is 15.0 Å². The van der Waals surface area contributed by atoms with Crippen molar-refractivity contribution in [1.82, 2.24) is 20.2 Å². The molecule has 2 aliphatic heterocycles. The Labute approximate surface area is 161 Å². The molecule has 1 aromatic carbocycles. The SMILES string of the molecule is O=C1c2ccccc2C(=O)N1CC1=CC(c2cncnc2)=NC(O)(C(F)(F)F)N1. The van der Waals surface area contributed by atoms with Gasteiger partial charge in [0.2, 0.25) is 0 Å². The van der Waals surface area contributed by atoms with E-state index in [9.17, 15) is 27.9 Å². The van der Waals surface area contributed by atoms with Crippen LogP contribution in [-0.4, -0.2) is 56.1 Å². The molecule has 0 aliphatic carbocycles. The number of carbonyl (C=O) groups excluding carboxylic acids is 2. The molecule has 1 atom stereocenters. The minimum Gasteiger partial charge on any atom is -0.346 e. The van der Waals surface area contributed by atoms with E-state index in [4.69, 9.17) is 0 Å². The summed E-state index contributed by atoms with van der Waals surface area (Å²) in [5, 5.41) is 12.0. The molecule has 3 heterocycles. The first-order valence-electron chi connectivity index (χ1n) is 8.28. The Balaban J connectivity index is 1.70. The van der Waals surface area contributed by atoms with Crippen LogP contribution in [0, 0.1) is 0 Å². The van der Waals surface area contributed by atoms with Crippen LogP contribution in [0.15, 0.2) is 59.8 Å². The quantitative estimate of drug-likeness (QED) is 0.747. The Kier molecular flexibility index (Phi) is 4.19. The number of benzene rings is 1. The van der Waals surface area contributed by atoms with Crippen molar-refractivity contribution < 1.29 is 27.9 Å². The zero-order valence-electron chi connectivity index (χ0n) is 14.5. The third-order valence-electron chi connectivity index (χ3n) is 4.39. The maximum atomic E-state index is 13.4. The predicted octanol–water partition coefficient (Wildman–Crippen LogP) is 1.26. The van der Waals surface area contributed by atoms with Crippen LogP contribution in [0.3, 0.4) is 0 Å². The molecule has 1 unspecified atom stereocenters. The van der Waals surface area contributed by atoms with Crippen LogP contribution >= 0.6 is 0 Å². The molecular weight excluding hydrogens is 391 g/mol. The molecular formula is C18H12F3N5O3. The lowest BCUT2D eigenvalue weighted by atomic mass is 10.1. The van der Waals surface area contributed by atoms with Gasteiger partial charge in [-0.1, -0.05) is 12.1 Å². The Hall–Kier alpha value is -3.60. The molecule has 11 heteroatoms. The Morgan fingerprint density at radius 3 is 2.21 bits per heavy atom. The van der Waals surface area contributed by atoms with Crippen molar-refractivity contribution in [3.63, 3.8) is 0 Å². The number of alkyl halides is 3. The first-order chi connectivity index (χ1) is 13.7. The highest BCUT2D eigenvalue weighted by molar-refractivity contribution is 6.21. The second kappa shape index (κ2) is 6.48. The summed E-state index contributed by atoms with van der Waals surface area (Å²) in [7, 11) is 0. The Morgan fingerprint density at radius 2 is 1.66 bits per heavy atom. The number of aromatic nitrogens is 2. The maximum Gasteiger partial charge on any atom is 0.460 e. The van der Waals surface area contributed by atoms with Gasteiger partial charge in [-0.05, 0) is 18.2 Å². The van der Waals surface area contributed by atoms with E-state index in [1.807, 2.05) is 5.32 Å². The minimum absolute atomic E-state index is 0.122. The van der Waals surface area contributed by atoms with Crippen molar-refractivity contribution in [2.75, 3.05) is 6.54 Å². The van der Waals surface area contributed by atoms with Crippen molar-refractivity contribution in [3.8, 4) is 0 Å². The second-order valence-electron chi connectivity index (χ2n) is 6.33. The van der Waals surface area contributed by atoms with Crippen molar-refractivity contribution in [1.29, 1.82) is 0 Å². The molecule has 2 amide bonds. The number of allylic oxidation sites excluding steroid dienone is 1. The number of rotatable bonds is 3. The molecule has 0 fully saturated rings. The molecule has 0 bridgehead atoms. The zero-order chi connectivity index (χ0) is 20.8. The summed E-state index contributed by atoms with van der Waals surface area (Å²) in [5.41, 5.74) is -0.0452. The molecule has 2 aromatic rings. The number of imide groups is 1. The molecule has 0 spiro atoms. The molecule has 1 aromatic heterocycles. The van der Waals surface area contributed by atoms with E-state index in [1.165, 1.54) is 36.9 Å². The largest absolute Gasteiger partial charge is 0.460 e. The molecule has 2 N–H and O–H groups in total. The number of nitrogens with one attached hydrogen (secondary N) is 1. The molecule has 4 rings (SSSR count). The molecule has 8 nitrogen and oxygen atoms in total. The number of nitrogens with zero attached hydrogens (tertiary/aromatic N) is 4. The summed E-state index contributed by atoms with van der Waals surface area (Å²) in [6, 6.07) is 6.07. The molecule has 148 valence electrons. The molecule has 2 aliphatic rings. The molecule has 29 heavy (non-hydrogen) atoms. The van der Waals surface area contributed by atoms with Gasteiger partial charge in [0.15, 0.2) is 0 Å². The van der Waals surface area contributed by atoms with Gasteiger partial charge >= 0.3 is 12.0 Å². The number of halogens is 3. The van der Waals surface area contributed by atoms with Crippen molar-refractivity contribution in [2.45, 2.75) is 12.0 Å².